The van der Waals surface area contributed by atoms with Crippen molar-refractivity contribution < 1.29 is 13.2 Å². The summed E-state index contributed by atoms with van der Waals surface area (Å²) in [5, 5.41) is 5.80. The smallest absolute Gasteiger partial charge is 0.408 e. The summed E-state index contributed by atoms with van der Waals surface area (Å²) in [5.74, 6) is -1.62. The summed E-state index contributed by atoms with van der Waals surface area (Å²) in [6, 6.07) is 12.6. The van der Waals surface area contributed by atoms with Crippen LogP contribution in [-0.2, 0) is 0 Å². The highest BCUT2D eigenvalue weighted by atomic mass is 19.1. The summed E-state index contributed by atoms with van der Waals surface area (Å²) in [7, 11) is 0. The minimum atomic E-state index is -0.673. The molecule has 0 aliphatic carbocycles. The number of hydrogen-bond acceptors (Lipinski definition) is 7. The number of halogens is 2. The van der Waals surface area contributed by atoms with Crippen LogP contribution in [0.3, 0.4) is 0 Å². The van der Waals surface area contributed by atoms with E-state index in [1.807, 2.05) is 0 Å². The number of nitrogens with zero attached hydrogens (tertiary/aromatic N) is 3. The molecule has 10 heteroatoms. The van der Waals surface area contributed by atoms with Crippen LogP contribution in [0.25, 0.3) is 22.2 Å². The Morgan fingerprint density at radius 3 is 2.53 bits per heavy atom. The largest absolute Gasteiger partial charge is 0.417 e. The highest BCUT2D eigenvalue weighted by molar-refractivity contribution is 5.78. The van der Waals surface area contributed by atoms with Gasteiger partial charge in [0.1, 0.15) is 5.82 Å². The van der Waals surface area contributed by atoms with Crippen molar-refractivity contribution in [3.05, 3.63) is 89.3 Å². The molecule has 32 heavy (non-hydrogen) atoms. The Bertz CT molecular complexity index is 1480. The second-order valence-electron chi connectivity index (χ2n) is 6.80. The van der Waals surface area contributed by atoms with E-state index < -0.39 is 17.4 Å². The highest BCUT2D eigenvalue weighted by Gasteiger charge is 2.11. The van der Waals surface area contributed by atoms with Crippen LogP contribution >= 0.6 is 0 Å². The maximum atomic E-state index is 14.3. The number of benzene rings is 2. The summed E-state index contributed by atoms with van der Waals surface area (Å²) >= 11 is 0. The average Bonchev–Trinajstić information content (AvgIpc) is 3.17. The van der Waals surface area contributed by atoms with Crippen LogP contribution in [0.15, 0.2) is 76.3 Å². The first-order valence-electron chi connectivity index (χ1n) is 9.44. The summed E-state index contributed by atoms with van der Waals surface area (Å²) in [6.45, 7) is 0. The van der Waals surface area contributed by atoms with Crippen LogP contribution in [0.1, 0.15) is 0 Å². The Labute approximate surface area is 179 Å². The second kappa shape index (κ2) is 7.91. The van der Waals surface area contributed by atoms with Crippen LogP contribution in [0.2, 0.25) is 0 Å². The van der Waals surface area contributed by atoms with E-state index in [0.717, 1.165) is 6.20 Å². The number of oxazole rings is 1. The minimum absolute atomic E-state index is 0.0795. The van der Waals surface area contributed by atoms with E-state index in [1.165, 1.54) is 12.1 Å². The third kappa shape index (κ3) is 3.88. The molecular formula is C22H14F2N6O2. The molecule has 0 radical (unpaired) electrons. The second-order valence-corrected chi connectivity index (χ2v) is 6.80. The number of aromatic nitrogens is 4. The molecule has 0 aliphatic rings. The molecule has 0 unspecified atom stereocenters. The van der Waals surface area contributed by atoms with E-state index >= 15 is 0 Å². The molecule has 0 saturated carbocycles. The molecule has 158 valence electrons. The van der Waals surface area contributed by atoms with Crippen molar-refractivity contribution in [2.24, 2.45) is 0 Å². The lowest BCUT2D eigenvalue weighted by Crippen LogP contribution is -2.03. The number of rotatable bonds is 5. The van der Waals surface area contributed by atoms with Gasteiger partial charge in [-0.25, -0.2) is 18.6 Å². The van der Waals surface area contributed by atoms with Gasteiger partial charge in [0, 0.05) is 29.3 Å². The van der Waals surface area contributed by atoms with Gasteiger partial charge in [0.25, 0.3) is 0 Å². The summed E-state index contributed by atoms with van der Waals surface area (Å²) in [4.78, 5) is 25.9. The number of nitrogens with one attached hydrogen (secondary N) is 3. The molecule has 3 heterocycles. The number of H-pyrrole nitrogens is 1. The lowest BCUT2D eigenvalue weighted by molar-refractivity contribution is 0.555. The van der Waals surface area contributed by atoms with Crippen molar-refractivity contribution in [1.82, 2.24) is 19.9 Å². The molecule has 0 aliphatic heterocycles. The average molecular weight is 432 g/mol. The van der Waals surface area contributed by atoms with Crippen molar-refractivity contribution in [3.63, 3.8) is 0 Å². The molecule has 0 spiro atoms. The summed E-state index contributed by atoms with van der Waals surface area (Å²) in [6.07, 6.45) is 4.17. The Balaban J connectivity index is 1.42. The molecule has 0 fully saturated rings. The van der Waals surface area contributed by atoms with Gasteiger partial charge in [0.2, 0.25) is 5.95 Å². The van der Waals surface area contributed by atoms with Gasteiger partial charge in [-0.1, -0.05) is 0 Å². The molecule has 5 aromatic rings. The van der Waals surface area contributed by atoms with Crippen LogP contribution in [-0.4, -0.2) is 19.9 Å². The fraction of sp³-hybridized carbons (Fsp3) is 0. The van der Waals surface area contributed by atoms with Crippen LogP contribution in [0.5, 0.6) is 0 Å². The molecule has 3 aromatic heterocycles. The van der Waals surface area contributed by atoms with Gasteiger partial charge in [-0.15, -0.1) is 0 Å². The monoisotopic (exact) mass is 432 g/mol. The lowest BCUT2D eigenvalue weighted by atomic mass is 10.1. The molecule has 2 aromatic carbocycles. The maximum absolute atomic E-state index is 14.3. The van der Waals surface area contributed by atoms with Gasteiger partial charge in [-0.3, -0.25) is 9.97 Å². The molecular weight excluding hydrogens is 418 g/mol. The Morgan fingerprint density at radius 2 is 1.69 bits per heavy atom. The van der Waals surface area contributed by atoms with Gasteiger partial charge in [-0.05, 0) is 54.1 Å². The van der Waals surface area contributed by atoms with E-state index in [2.05, 4.69) is 30.6 Å². The van der Waals surface area contributed by atoms with Gasteiger partial charge >= 0.3 is 5.76 Å². The van der Waals surface area contributed by atoms with E-state index in [-0.39, 0.29) is 11.8 Å². The van der Waals surface area contributed by atoms with Crippen molar-refractivity contribution in [2.45, 2.75) is 0 Å². The Morgan fingerprint density at radius 1 is 0.906 bits per heavy atom. The molecule has 5 rings (SSSR count). The van der Waals surface area contributed by atoms with Crippen molar-refractivity contribution in [3.8, 4) is 11.1 Å². The van der Waals surface area contributed by atoms with Crippen molar-refractivity contribution in [1.29, 1.82) is 0 Å². The zero-order valence-electron chi connectivity index (χ0n) is 16.3. The first-order valence-corrected chi connectivity index (χ1v) is 9.44. The molecule has 3 N–H and O–H groups in total. The number of pyridine rings is 1. The van der Waals surface area contributed by atoms with Gasteiger partial charge in [-0.2, -0.15) is 4.98 Å². The number of fused-ring (bicyclic) bond motifs is 1. The maximum Gasteiger partial charge on any atom is 0.417 e. The highest BCUT2D eigenvalue weighted by Crippen LogP contribution is 2.27. The summed E-state index contributed by atoms with van der Waals surface area (Å²) in [5.41, 5.74) is 2.89. The zero-order chi connectivity index (χ0) is 22.1. The first-order chi connectivity index (χ1) is 15.5. The van der Waals surface area contributed by atoms with Gasteiger partial charge in [0.05, 0.1) is 11.7 Å². The van der Waals surface area contributed by atoms with Crippen LogP contribution in [0.4, 0.5) is 31.9 Å². The summed E-state index contributed by atoms with van der Waals surface area (Å²) < 4.78 is 33.6. The van der Waals surface area contributed by atoms with Crippen LogP contribution < -0.4 is 16.4 Å². The molecule has 0 atom stereocenters. The van der Waals surface area contributed by atoms with Crippen molar-refractivity contribution >= 4 is 34.2 Å². The molecule has 0 bridgehead atoms. The molecule has 8 nitrogen and oxygen atoms in total. The molecule has 0 amide bonds. The van der Waals surface area contributed by atoms with E-state index in [4.69, 9.17) is 4.42 Å². The quantitative estimate of drug-likeness (QED) is 0.368. The Kier molecular flexibility index (Phi) is 4.79. The van der Waals surface area contributed by atoms with Gasteiger partial charge < -0.3 is 15.1 Å². The normalized spacial score (nSPS) is 10.9. The van der Waals surface area contributed by atoms with E-state index in [0.29, 0.717) is 33.6 Å². The topological polar surface area (TPSA) is 109 Å². The first kappa shape index (κ1) is 19.4. The van der Waals surface area contributed by atoms with E-state index in [9.17, 15) is 13.6 Å². The predicted molar refractivity (Wildman–Crippen MR) is 115 cm³/mol. The fourth-order valence-electron chi connectivity index (χ4n) is 3.17. The lowest BCUT2D eigenvalue weighted by Gasteiger charge is -2.11. The van der Waals surface area contributed by atoms with E-state index in [1.54, 1.807) is 48.8 Å². The van der Waals surface area contributed by atoms with Gasteiger partial charge in [0.15, 0.2) is 17.2 Å². The Hall–Kier alpha value is -4.60. The SMILES string of the molecule is O=c1[nH]c2cc(Nc3nc(Nc4ccc(F)c(-c5ccncc5)c4)ncc3F)ccc2o1. The van der Waals surface area contributed by atoms with Crippen molar-refractivity contribution in [2.75, 3.05) is 10.6 Å². The number of anilines is 4. The van der Waals surface area contributed by atoms with Crippen LogP contribution in [0, 0.1) is 11.6 Å². The fourth-order valence-corrected chi connectivity index (χ4v) is 3.17. The third-order valence-corrected chi connectivity index (χ3v) is 4.64. The zero-order valence-corrected chi connectivity index (χ0v) is 16.3. The number of aromatic amines is 1. The number of hydrogen-bond donors (Lipinski definition) is 3. The standard InChI is InChI=1S/C22H14F2N6O2/c23-16-3-1-13(9-15(16)12-5-7-25-8-6-12)28-21-26-11-17(24)20(30-21)27-14-2-4-19-18(10-14)29-22(31)32-19/h1-11H,(H,29,31)(H2,26,27,28,30). The molecule has 0 saturated heterocycles. The minimum Gasteiger partial charge on any atom is -0.408 e. The third-order valence-electron chi connectivity index (χ3n) is 4.64. The predicted octanol–water partition coefficient (Wildman–Crippen LogP) is 4.74.